The fraction of sp³-hybridized carbons (Fsp3) is 0.370. The molecule has 11 nitrogen and oxygen atoms in total. The van der Waals surface area contributed by atoms with Gasteiger partial charge in [0.05, 0.1) is 32.7 Å². The van der Waals surface area contributed by atoms with Crippen molar-refractivity contribution < 1.29 is 18.9 Å². The summed E-state index contributed by atoms with van der Waals surface area (Å²) in [4.78, 5) is 13.4. The highest BCUT2D eigenvalue weighted by atomic mass is 32.2. The molecule has 12 heteroatoms. The van der Waals surface area contributed by atoms with E-state index in [1.165, 1.54) is 11.9 Å². The van der Waals surface area contributed by atoms with Gasteiger partial charge in [-0.25, -0.2) is 9.97 Å². The number of aromatic nitrogens is 6. The van der Waals surface area contributed by atoms with Crippen LogP contribution in [0.2, 0.25) is 0 Å². The van der Waals surface area contributed by atoms with E-state index >= 15 is 0 Å². The van der Waals surface area contributed by atoms with Crippen LogP contribution in [0.4, 0.5) is 5.95 Å². The first kappa shape index (κ1) is 28.3. The Labute approximate surface area is 232 Å². The van der Waals surface area contributed by atoms with E-state index in [1.807, 2.05) is 49.6 Å². The minimum Gasteiger partial charge on any atom is -0.494 e. The third kappa shape index (κ3) is 6.64. The average molecular weight is 552 g/mol. The molecular formula is C27H33N7O4S. The number of methoxy groups -OCH3 is 3. The van der Waals surface area contributed by atoms with Gasteiger partial charge in [0.15, 0.2) is 11.6 Å². The number of hydrogen-bond acceptors (Lipinski definition) is 11. The molecule has 0 spiro atoms. The van der Waals surface area contributed by atoms with E-state index in [1.54, 1.807) is 46.1 Å². The summed E-state index contributed by atoms with van der Waals surface area (Å²) in [5, 5.41) is 8.90. The van der Waals surface area contributed by atoms with Gasteiger partial charge in [0.1, 0.15) is 23.3 Å². The van der Waals surface area contributed by atoms with Gasteiger partial charge in [-0.1, -0.05) is 6.07 Å². The molecule has 0 amide bonds. The second-order valence-electron chi connectivity index (χ2n) is 8.77. The van der Waals surface area contributed by atoms with Crippen LogP contribution in [-0.2, 0) is 9.47 Å². The maximum absolute atomic E-state index is 6.13. The summed E-state index contributed by atoms with van der Waals surface area (Å²) in [7, 11) is 4.87. The molecule has 39 heavy (non-hydrogen) atoms. The van der Waals surface area contributed by atoms with Gasteiger partial charge >= 0.3 is 0 Å². The number of nitrogens with one attached hydrogen (secondary N) is 1. The lowest BCUT2D eigenvalue weighted by molar-refractivity contribution is 0.0131. The molecule has 0 saturated carbocycles. The lowest BCUT2D eigenvalue weighted by Crippen LogP contribution is -2.22. The van der Waals surface area contributed by atoms with Crippen molar-refractivity contribution in [1.29, 1.82) is 0 Å². The Balaban J connectivity index is 1.71. The van der Waals surface area contributed by atoms with Crippen LogP contribution in [0.25, 0.3) is 17.1 Å². The molecule has 4 rings (SSSR count). The molecule has 206 valence electrons. The number of nitrogens with zero attached hydrogens (tertiary/aromatic N) is 6. The van der Waals surface area contributed by atoms with Gasteiger partial charge in [-0.15, -0.1) is 10.2 Å². The third-order valence-corrected chi connectivity index (χ3v) is 6.74. The van der Waals surface area contributed by atoms with Crippen LogP contribution in [-0.4, -0.2) is 69.5 Å². The highest BCUT2D eigenvalue weighted by Crippen LogP contribution is 2.38. The Bertz CT molecular complexity index is 1340. The zero-order valence-electron chi connectivity index (χ0n) is 22.9. The van der Waals surface area contributed by atoms with Crippen LogP contribution in [0.5, 0.6) is 11.5 Å². The smallest absolute Gasteiger partial charge is 0.239 e. The van der Waals surface area contributed by atoms with Gasteiger partial charge in [-0.05, 0) is 62.0 Å². The number of para-hydroxylation sites is 1. The molecular weight excluding hydrogens is 518 g/mol. The van der Waals surface area contributed by atoms with Crippen molar-refractivity contribution in [3.05, 3.63) is 66.0 Å². The van der Waals surface area contributed by atoms with Crippen LogP contribution in [0.1, 0.15) is 30.0 Å². The van der Waals surface area contributed by atoms with E-state index in [0.717, 1.165) is 16.7 Å². The molecule has 1 aromatic carbocycles. The van der Waals surface area contributed by atoms with Crippen molar-refractivity contribution in [2.24, 2.45) is 0 Å². The standard InChI is InChI=1S/C27H33N7O4S/c1-17-12-20(16-28-13-17)26-31-32-27(34(26)23-21(36-5)8-7-9-22(23)37-6)33-39-19(3)24(38-11-10-35-4)25-29-14-18(2)15-30-25/h7-9,12-16,19,24H,10-11H2,1-6H3,(H,32,33). The predicted octanol–water partition coefficient (Wildman–Crippen LogP) is 4.61. The van der Waals surface area contributed by atoms with Crippen molar-refractivity contribution in [1.82, 2.24) is 29.7 Å². The molecule has 2 atom stereocenters. The Morgan fingerprint density at radius 3 is 2.28 bits per heavy atom. The first-order valence-corrected chi connectivity index (χ1v) is 13.2. The summed E-state index contributed by atoms with van der Waals surface area (Å²) in [5.41, 5.74) is 3.44. The van der Waals surface area contributed by atoms with Gasteiger partial charge in [-0.3, -0.25) is 14.3 Å². The number of ether oxygens (including phenoxy) is 4. The third-order valence-electron chi connectivity index (χ3n) is 5.82. The summed E-state index contributed by atoms with van der Waals surface area (Å²) >= 11 is 1.43. The van der Waals surface area contributed by atoms with Crippen LogP contribution in [0.3, 0.4) is 0 Å². The van der Waals surface area contributed by atoms with Crippen LogP contribution < -0.4 is 14.2 Å². The number of benzene rings is 1. The second kappa shape index (κ2) is 13.4. The minimum atomic E-state index is -0.393. The summed E-state index contributed by atoms with van der Waals surface area (Å²) in [6.45, 7) is 6.83. The van der Waals surface area contributed by atoms with Crippen molar-refractivity contribution in [3.8, 4) is 28.6 Å². The summed E-state index contributed by atoms with van der Waals surface area (Å²) in [5.74, 6) is 2.86. The fourth-order valence-corrected chi connectivity index (χ4v) is 4.66. The zero-order valence-corrected chi connectivity index (χ0v) is 23.7. The quantitative estimate of drug-likeness (QED) is 0.185. The monoisotopic (exact) mass is 551 g/mol. The molecule has 2 unspecified atom stereocenters. The highest BCUT2D eigenvalue weighted by Gasteiger charge is 2.27. The fourth-order valence-electron chi connectivity index (χ4n) is 3.91. The van der Waals surface area contributed by atoms with E-state index in [4.69, 9.17) is 18.9 Å². The van der Waals surface area contributed by atoms with Gasteiger partial charge in [0.25, 0.3) is 0 Å². The van der Waals surface area contributed by atoms with Crippen LogP contribution >= 0.6 is 11.9 Å². The molecule has 1 N–H and O–H groups in total. The molecule has 3 heterocycles. The summed E-state index contributed by atoms with van der Waals surface area (Å²) in [6.07, 6.45) is 6.72. The molecule has 3 aromatic heterocycles. The van der Waals surface area contributed by atoms with Crippen molar-refractivity contribution >= 4 is 17.9 Å². The molecule has 0 aliphatic heterocycles. The Kier molecular flexibility index (Phi) is 9.69. The van der Waals surface area contributed by atoms with Gasteiger partial charge in [0, 0.05) is 37.5 Å². The van der Waals surface area contributed by atoms with Crippen molar-refractivity contribution in [2.75, 3.05) is 39.3 Å². The summed E-state index contributed by atoms with van der Waals surface area (Å²) in [6, 6.07) is 7.60. The Hall–Kier alpha value is -3.74. The molecule has 0 bridgehead atoms. The molecule has 0 aliphatic rings. The molecule has 0 radical (unpaired) electrons. The van der Waals surface area contributed by atoms with E-state index in [0.29, 0.717) is 48.0 Å². The van der Waals surface area contributed by atoms with Crippen molar-refractivity contribution in [3.63, 3.8) is 0 Å². The second-order valence-corrected chi connectivity index (χ2v) is 9.96. The lowest BCUT2D eigenvalue weighted by Gasteiger charge is -2.23. The largest absolute Gasteiger partial charge is 0.494 e. The Morgan fingerprint density at radius 2 is 1.64 bits per heavy atom. The summed E-state index contributed by atoms with van der Waals surface area (Å²) < 4.78 is 28.0. The molecule has 0 saturated heterocycles. The van der Waals surface area contributed by atoms with Gasteiger partial charge in [0.2, 0.25) is 5.95 Å². The topological polar surface area (TPSA) is 118 Å². The number of anilines is 1. The van der Waals surface area contributed by atoms with Crippen LogP contribution in [0.15, 0.2) is 49.1 Å². The highest BCUT2D eigenvalue weighted by molar-refractivity contribution is 8.01. The molecule has 0 fully saturated rings. The number of pyridine rings is 1. The van der Waals surface area contributed by atoms with Gasteiger partial charge in [-0.2, -0.15) is 0 Å². The van der Waals surface area contributed by atoms with E-state index < -0.39 is 6.10 Å². The molecule has 4 aromatic rings. The van der Waals surface area contributed by atoms with Crippen LogP contribution in [0, 0.1) is 13.8 Å². The molecule has 0 aliphatic carbocycles. The normalized spacial score (nSPS) is 12.7. The number of aryl methyl sites for hydroxylation is 2. The first-order chi connectivity index (χ1) is 19.0. The van der Waals surface area contributed by atoms with E-state index in [-0.39, 0.29) is 5.25 Å². The number of hydrogen-bond donors (Lipinski definition) is 1. The zero-order chi connectivity index (χ0) is 27.8. The average Bonchev–Trinajstić information content (AvgIpc) is 3.37. The maximum atomic E-state index is 6.13. The predicted molar refractivity (Wildman–Crippen MR) is 150 cm³/mol. The van der Waals surface area contributed by atoms with E-state index in [9.17, 15) is 0 Å². The van der Waals surface area contributed by atoms with Gasteiger partial charge < -0.3 is 18.9 Å². The minimum absolute atomic E-state index is 0.113. The van der Waals surface area contributed by atoms with E-state index in [2.05, 4.69) is 29.9 Å². The SMILES string of the molecule is COCCOC(c1ncc(C)cn1)C(C)SNc1nnc(-c2cncc(C)c2)n1-c1c(OC)cccc1OC. The maximum Gasteiger partial charge on any atom is 0.239 e. The number of rotatable bonds is 13. The Morgan fingerprint density at radius 1 is 0.923 bits per heavy atom. The first-order valence-electron chi connectivity index (χ1n) is 12.4. The van der Waals surface area contributed by atoms with Crippen molar-refractivity contribution in [2.45, 2.75) is 32.1 Å². The lowest BCUT2D eigenvalue weighted by atomic mass is 10.2.